The van der Waals surface area contributed by atoms with E-state index in [0.717, 1.165) is 46.0 Å². The molecule has 3 heterocycles. The van der Waals surface area contributed by atoms with Crippen LogP contribution in [0.2, 0.25) is 5.02 Å². The molecule has 2 aliphatic rings. The van der Waals surface area contributed by atoms with Crippen molar-refractivity contribution in [2.75, 3.05) is 45.1 Å². The summed E-state index contributed by atoms with van der Waals surface area (Å²) < 4.78 is 19.3. The van der Waals surface area contributed by atoms with Gasteiger partial charge in [0.05, 0.1) is 10.4 Å². The molecule has 0 spiro atoms. The molecule has 1 fully saturated rings. The Morgan fingerprint density at radius 3 is 2.82 bits per heavy atom. The number of nitrogens with one attached hydrogen (secondary N) is 1. The van der Waals surface area contributed by atoms with E-state index >= 15 is 0 Å². The number of fused-ring (bicyclic) bond motifs is 3. The summed E-state index contributed by atoms with van der Waals surface area (Å²) in [5.41, 5.74) is 2.98. The van der Waals surface area contributed by atoms with E-state index in [1.54, 1.807) is 12.4 Å². The number of thiophene rings is 1. The van der Waals surface area contributed by atoms with Crippen molar-refractivity contribution >= 4 is 44.7 Å². The lowest BCUT2D eigenvalue weighted by Gasteiger charge is -2.33. The lowest BCUT2D eigenvalue weighted by Crippen LogP contribution is -2.45. The van der Waals surface area contributed by atoms with Crippen molar-refractivity contribution in [3.05, 3.63) is 75.6 Å². The van der Waals surface area contributed by atoms with E-state index in [2.05, 4.69) is 32.1 Å². The van der Waals surface area contributed by atoms with Gasteiger partial charge < -0.3 is 19.9 Å². The Hall–Kier alpha value is -2.78. The van der Waals surface area contributed by atoms with Crippen LogP contribution in [0.25, 0.3) is 10.2 Å². The first-order valence-corrected chi connectivity index (χ1v) is 14.8. The van der Waals surface area contributed by atoms with Crippen LogP contribution in [0.1, 0.15) is 28.8 Å². The molecule has 0 bridgehead atoms. The van der Waals surface area contributed by atoms with Gasteiger partial charge in [-0.1, -0.05) is 23.7 Å². The number of hydrogen-bond donors (Lipinski definition) is 1. The number of ether oxygens (including phenoxy) is 1. The van der Waals surface area contributed by atoms with Crippen molar-refractivity contribution in [1.82, 2.24) is 19.8 Å². The fraction of sp³-hybridized carbons (Fsp3) is 0.400. The summed E-state index contributed by atoms with van der Waals surface area (Å²) in [5.74, 6) is 1.82. The van der Waals surface area contributed by atoms with Gasteiger partial charge in [-0.05, 0) is 86.7 Å². The number of benzene rings is 2. The predicted molar refractivity (Wildman–Crippen MR) is 157 cm³/mol. The van der Waals surface area contributed by atoms with E-state index in [9.17, 15) is 4.39 Å². The number of nitrogens with zero attached hydrogens (tertiary/aromatic N) is 4. The summed E-state index contributed by atoms with van der Waals surface area (Å²) in [7, 11) is 2.21. The second-order valence-electron chi connectivity index (χ2n) is 10.6. The zero-order valence-electron chi connectivity index (χ0n) is 22.1. The SMILES string of the molecule is CN1CCN(CCC2CCc3c(sc4ncnc(Nc5ccc(OCc6cccc(F)c6)c(Cl)c5)c34)C2)CC1. The Bertz CT molecular complexity index is 1450. The van der Waals surface area contributed by atoms with Crippen molar-refractivity contribution in [3.63, 3.8) is 0 Å². The number of likely N-dealkylation sites (N-methyl/N-ethyl adjacent to an activating group) is 1. The Morgan fingerprint density at radius 1 is 1.13 bits per heavy atom. The van der Waals surface area contributed by atoms with E-state index in [4.69, 9.17) is 16.3 Å². The molecule has 1 saturated heterocycles. The standard InChI is InChI=1S/C30H33ClFN5OS/c1-36-11-13-37(14-12-36)10-9-20-5-7-24-27(16-20)39-30-28(24)29(33-19-34-30)35-23-6-8-26(25(31)17-23)38-18-21-3-2-4-22(32)15-21/h2-4,6,8,15,17,19-20H,5,7,9-14,16,18H2,1H3,(H,33,34,35). The fourth-order valence-corrected chi connectivity index (χ4v) is 7.11. The first-order valence-electron chi connectivity index (χ1n) is 13.6. The van der Waals surface area contributed by atoms with Gasteiger partial charge in [-0.3, -0.25) is 0 Å². The van der Waals surface area contributed by atoms with E-state index in [0.29, 0.717) is 10.8 Å². The average molecular weight is 566 g/mol. The van der Waals surface area contributed by atoms with Crippen LogP contribution in [0.15, 0.2) is 48.8 Å². The molecule has 6 rings (SSSR count). The van der Waals surface area contributed by atoms with Crippen LogP contribution < -0.4 is 10.1 Å². The molecule has 6 nitrogen and oxygen atoms in total. The third kappa shape index (κ3) is 6.19. The number of rotatable bonds is 8. The molecule has 39 heavy (non-hydrogen) atoms. The normalized spacial score (nSPS) is 18.3. The monoisotopic (exact) mass is 565 g/mol. The van der Waals surface area contributed by atoms with Crippen LogP contribution in [0.5, 0.6) is 5.75 Å². The topological polar surface area (TPSA) is 53.5 Å². The lowest BCUT2D eigenvalue weighted by atomic mass is 9.85. The molecule has 2 aromatic carbocycles. The second kappa shape index (κ2) is 11.8. The van der Waals surface area contributed by atoms with Crippen LogP contribution in [0.4, 0.5) is 15.9 Å². The maximum absolute atomic E-state index is 13.5. The molecule has 1 aliphatic heterocycles. The molecule has 4 aromatic rings. The van der Waals surface area contributed by atoms with Crippen LogP contribution in [0.3, 0.4) is 0 Å². The molecule has 2 aromatic heterocycles. The predicted octanol–water partition coefficient (Wildman–Crippen LogP) is 6.55. The first kappa shape index (κ1) is 26.4. The van der Waals surface area contributed by atoms with Crippen molar-refractivity contribution in [3.8, 4) is 5.75 Å². The van der Waals surface area contributed by atoms with Crippen molar-refractivity contribution < 1.29 is 9.13 Å². The molecular weight excluding hydrogens is 533 g/mol. The molecular formula is C30H33ClFN5OS. The average Bonchev–Trinajstić information content (AvgIpc) is 3.31. The number of hydrogen-bond acceptors (Lipinski definition) is 7. The molecule has 0 amide bonds. The van der Waals surface area contributed by atoms with E-state index < -0.39 is 0 Å². The summed E-state index contributed by atoms with van der Waals surface area (Å²) in [4.78, 5) is 16.8. The van der Waals surface area contributed by atoms with Gasteiger partial charge >= 0.3 is 0 Å². The highest BCUT2D eigenvalue weighted by atomic mass is 35.5. The Balaban J connectivity index is 1.12. The lowest BCUT2D eigenvalue weighted by molar-refractivity contribution is 0.145. The third-order valence-electron chi connectivity index (χ3n) is 7.87. The highest BCUT2D eigenvalue weighted by Gasteiger charge is 2.26. The van der Waals surface area contributed by atoms with Gasteiger partial charge in [0.25, 0.3) is 0 Å². The van der Waals surface area contributed by atoms with Crippen LogP contribution in [-0.4, -0.2) is 59.5 Å². The molecule has 0 radical (unpaired) electrons. The molecule has 1 N–H and O–H groups in total. The van der Waals surface area contributed by atoms with Gasteiger partial charge in [-0.25, -0.2) is 14.4 Å². The van der Waals surface area contributed by atoms with Crippen molar-refractivity contribution in [2.24, 2.45) is 5.92 Å². The Kier molecular flexibility index (Phi) is 7.97. The molecule has 1 aliphatic carbocycles. The van der Waals surface area contributed by atoms with Crippen LogP contribution >= 0.6 is 22.9 Å². The zero-order valence-corrected chi connectivity index (χ0v) is 23.7. The zero-order chi connectivity index (χ0) is 26.8. The fourth-order valence-electron chi connectivity index (χ4n) is 5.58. The first-order chi connectivity index (χ1) is 19.0. The number of aromatic nitrogens is 2. The third-order valence-corrected chi connectivity index (χ3v) is 9.33. The van der Waals surface area contributed by atoms with E-state index in [-0.39, 0.29) is 12.4 Å². The van der Waals surface area contributed by atoms with Gasteiger partial charge in [-0.2, -0.15) is 0 Å². The minimum Gasteiger partial charge on any atom is -0.487 e. The molecule has 9 heteroatoms. The Morgan fingerprint density at radius 2 is 2.00 bits per heavy atom. The molecule has 1 unspecified atom stereocenters. The summed E-state index contributed by atoms with van der Waals surface area (Å²) in [5, 5.41) is 5.09. The quantitative estimate of drug-likeness (QED) is 0.261. The molecule has 0 saturated carbocycles. The van der Waals surface area contributed by atoms with Crippen molar-refractivity contribution in [2.45, 2.75) is 32.3 Å². The van der Waals surface area contributed by atoms with E-state index in [1.807, 2.05) is 35.6 Å². The van der Waals surface area contributed by atoms with Crippen LogP contribution in [0, 0.1) is 11.7 Å². The molecule has 1 atom stereocenters. The minimum atomic E-state index is -0.283. The minimum absolute atomic E-state index is 0.244. The highest BCUT2D eigenvalue weighted by Crippen LogP contribution is 2.41. The van der Waals surface area contributed by atoms with E-state index in [1.165, 1.54) is 68.1 Å². The van der Waals surface area contributed by atoms with Crippen LogP contribution in [-0.2, 0) is 19.4 Å². The number of halogens is 2. The maximum atomic E-state index is 13.5. The largest absolute Gasteiger partial charge is 0.487 e. The van der Waals surface area contributed by atoms with Gasteiger partial charge in [0.2, 0.25) is 0 Å². The van der Waals surface area contributed by atoms with Gasteiger partial charge in [0.15, 0.2) is 0 Å². The number of aryl methyl sites for hydroxylation is 1. The highest BCUT2D eigenvalue weighted by molar-refractivity contribution is 7.19. The van der Waals surface area contributed by atoms with Gasteiger partial charge in [0, 0.05) is 36.7 Å². The summed E-state index contributed by atoms with van der Waals surface area (Å²) in [6.45, 7) is 6.17. The van der Waals surface area contributed by atoms with Gasteiger partial charge in [-0.15, -0.1) is 11.3 Å². The second-order valence-corrected chi connectivity index (χ2v) is 12.1. The summed E-state index contributed by atoms with van der Waals surface area (Å²) in [6, 6.07) is 12.0. The molecule has 204 valence electrons. The van der Waals surface area contributed by atoms with Gasteiger partial charge in [0.1, 0.15) is 35.1 Å². The maximum Gasteiger partial charge on any atom is 0.142 e. The summed E-state index contributed by atoms with van der Waals surface area (Å²) >= 11 is 8.36. The number of piperazine rings is 1. The number of anilines is 2. The Labute approximate surface area is 237 Å². The summed E-state index contributed by atoms with van der Waals surface area (Å²) in [6.07, 6.45) is 6.31. The van der Waals surface area contributed by atoms with Crippen molar-refractivity contribution in [1.29, 1.82) is 0 Å². The smallest absolute Gasteiger partial charge is 0.142 e.